The minimum atomic E-state index is -1.05. The molecule has 19 heavy (non-hydrogen) atoms. The molecule has 4 heteroatoms. The Balaban J connectivity index is 2.31. The van der Waals surface area contributed by atoms with E-state index in [1.54, 1.807) is 27.3 Å². The highest BCUT2D eigenvalue weighted by atomic mass is 16.7. The van der Waals surface area contributed by atoms with Crippen LogP contribution in [0.5, 0.6) is 0 Å². The fourth-order valence-corrected chi connectivity index (χ4v) is 2.07. The second-order valence-electron chi connectivity index (χ2n) is 4.80. The Labute approximate surface area is 113 Å². The van der Waals surface area contributed by atoms with Gasteiger partial charge in [0.1, 0.15) is 0 Å². The van der Waals surface area contributed by atoms with E-state index < -0.39 is 11.9 Å². The molecule has 0 aliphatic carbocycles. The Hall–Kier alpha value is -1.49. The van der Waals surface area contributed by atoms with Gasteiger partial charge in [0.25, 0.3) is 0 Å². The van der Waals surface area contributed by atoms with Gasteiger partial charge in [-0.2, -0.15) is 0 Å². The summed E-state index contributed by atoms with van der Waals surface area (Å²) in [6.07, 6.45) is 1.60. The molecule has 1 N–H and O–H groups in total. The highest BCUT2D eigenvalue weighted by Crippen LogP contribution is 2.28. The van der Waals surface area contributed by atoms with Crippen molar-refractivity contribution in [1.29, 1.82) is 0 Å². The molecule has 0 aliphatic heterocycles. The van der Waals surface area contributed by atoms with Crippen LogP contribution in [-0.2, 0) is 15.1 Å². The lowest BCUT2D eigenvalue weighted by atomic mass is 9.92. The summed E-state index contributed by atoms with van der Waals surface area (Å²) in [6.45, 7) is 1.74. The van der Waals surface area contributed by atoms with Gasteiger partial charge in [0.2, 0.25) is 0 Å². The summed E-state index contributed by atoms with van der Waals surface area (Å²) in [5, 5.41) is 11.6. The number of ether oxygens (including phenoxy) is 2. The maximum absolute atomic E-state index is 10.6. The van der Waals surface area contributed by atoms with Crippen LogP contribution in [0.3, 0.4) is 0 Å². The standard InChI is InChI=1S/C15H19NO3/c1-15(17,9-14(18-2)19-3)12-8-11-6-4-5-7-13(11)16-10-12/h4-8,10,14,17H,9H2,1-3H3. The molecule has 1 atom stereocenters. The van der Waals surface area contributed by atoms with Crippen molar-refractivity contribution < 1.29 is 14.6 Å². The number of benzene rings is 1. The van der Waals surface area contributed by atoms with Gasteiger partial charge in [-0.3, -0.25) is 4.98 Å². The maximum atomic E-state index is 10.6. The first kappa shape index (κ1) is 13.9. The van der Waals surface area contributed by atoms with E-state index in [1.807, 2.05) is 30.3 Å². The fraction of sp³-hybridized carbons (Fsp3) is 0.400. The quantitative estimate of drug-likeness (QED) is 0.840. The van der Waals surface area contributed by atoms with Crippen molar-refractivity contribution in [2.24, 2.45) is 0 Å². The van der Waals surface area contributed by atoms with Crippen molar-refractivity contribution in [3.8, 4) is 0 Å². The van der Waals surface area contributed by atoms with E-state index in [-0.39, 0.29) is 0 Å². The van der Waals surface area contributed by atoms with Gasteiger partial charge in [0.05, 0.1) is 11.1 Å². The predicted molar refractivity (Wildman–Crippen MR) is 73.7 cm³/mol. The number of fused-ring (bicyclic) bond motifs is 1. The largest absolute Gasteiger partial charge is 0.385 e. The lowest BCUT2D eigenvalue weighted by Crippen LogP contribution is -2.29. The number of methoxy groups -OCH3 is 2. The van der Waals surface area contributed by atoms with Gasteiger partial charge < -0.3 is 14.6 Å². The van der Waals surface area contributed by atoms with Crippen molar-refractivity contribution in [1.82, 2.24) is 4.98 Å². The Morgan fingerprint density at radius 1 is 1.26 bits per heavy atom. The van der Waals surface area contributed by atoms with Crippen LogP contribution in [0.2, 0.25) is 0 Å². The summed E-state index contributed by atoms with van der Waals surface area (Å²) in [7, 11) is 3.12. The molecule has 0 spiro atoms. The van der Waals surface area contributed by atoms with Crippen molar-refractivity contribution in [3.63, 3.8) is 0 Å². The Kier molecular flexibility index (Phi) is 4.14. The molecule has 4 nitrogen and oxygen atoms in total. The molecule has 1 aromatic carbocycles. The number of aliphatic hydroxyl groups is 1. The van der Waals surface area contributed by atoms with Gasteiger partial charge in [-0.15, -0.1) is 0 Å². The number of aromatic nitrogens is 1. The predicted octanol–water partition coefficient (Wildman–Crippen LogP) is 2.45. The van der Waals surface area contributed by atoms with Gasteiger partial charge >= 0.3 is 0 Å². The van der Waals surface area contributed by atoms with Crippen LogP contribution in [0, 0.1) is 0 Å². The van der Waals surface area contributed by atoms with E-state index in [4.69, 9.17) is 9.47 Å². The molecule has 1 aromatic heterocycles. The van der Waals surface area contributed by atoms with E-state index in [0.29, 0.717) is 6.42 Å². The Morgan fingerprint density at radius 2 is 1.95 bits per heavy atom. The Morgan fingerprint density at radius 3 is 2.63 bits per heavy atom. The van der Waals surface area contributed by atoms with E-state index in [1.165, 1.54) is 0 Å². The lowest BCUT2D eigenvalue weighted by molar-refractivity contribution is -0.142. The van der Waals surface area contributed by atoms with Gasteiger partial charge in [0.15, 0.2) is 6.29 Å². The van der Waals surface area contributed by atoms with Crippen LogP contribution >= 0.6 is 0 Å². The molecular weight excluding hydrogens is 242 g/mol. The zero-order valence-electron chi connectivity index (χ0n) is 11.5. The second-order valence-corrected chi connectivity index (χ2v) is 4.80. The first-order chi connectivity index (χ1) is 9.06. The smallest absolute Gasteiger partial charge is 0.159 e. The van der Waals surface area contributed by atoms with E-state index in [0.717, 1.165) is 16.5 Å². The first-order valence-electron chi connectivity index (χ1n) is 6.20. The molecule has 0 aliphatic rings. The highest BCUT2D eigenvalue weighted by Gasteiger charge is 2.28. The van der Waals surface area contributed by atoms with Crippen LogP contribution < -0.4 is 0 Å². The summed E-state index contributed by atoms with van der Waals surface area (Å²) in [5.74, 6) is 0. The topological polar surface area (TPSA) is 51.6 Å². The van der Waals surface area contributed by atoms with Crippen LogP contribution in [0.1, 0.15) is 18.9 Å². The minimum absolute atomic E-state index is 0.347. The minimum Gasteiger partial charge on any atom is -0.385 e. The molecular formula is C15H19NO3. The zero-order valence-corrected chi connectivity index (χ0v) is 11.5. The van der Waals surface area contributed by atoms with E-state index in [2.05, 4.69) is 4.98 Å². The average molecular weight is 261 g/mol. The number of nitrogens with zero attached hydrogens (tertiary/aromatic N) is 1. The maximum Gasteiger partial charge on any atom is 0.159 e. The Bertz CT molecular complexity index is 550. The van der Waals surface area contributed by atoms with E-state index in [9.17, 15) is 5.11 Å². The third-order valence-corrected chi connectivity index (χ3v) is 3.30. The van der Waals surface area contributed by atoms with Crippen LogP contribution in [0.15, 0.2) is 36.5 Å². The molecule has 102 valence electrons. The summed E-state index contributed by atoms with van der Waals surface area (Å²) < 4.78 is 10.3. The van der Waals surface area contributed by atoms with Gasteiger partial charge in [-0.25, -0.2) is 0 Å². The van der Waals surface area contributed by atoms with Gasteiger partial charge in [-0.05, 0) is 19.1 Å². The highest BCUT2D eigenvalue weighted by molar-refractivity contribution is 5.78. The molecule has 0 fully saturated rings. The monoisotopic (exact) mass is 261 g/mol. The SMILES string of the molecule is COC(CC(C)(O)c1cnc2ccccc2c1)OC. The van der Waals surface area contributed by atoms with Crippen LogP contribution in [0.25, 0.3) is 10.9 Å². The van der Waals surface area contributed by atoms with Gasteiger partial charge in [0, 0.05) is 37.8 Å². The third-order valence-electron chi connectivity index (χ3n) is 3.30. The van der Waals surface area contributed by atoms with Crippen LogP contribution in [0.4, 0.5) is 0 Å². The molecule has 0 bridgehead atoms. The molecule has 0 radical (unpaired) electrons. The molecule has 0 saturated carbocycles. The number of pyridine rings is 1. The molecule has 1 heterocycles. The van der Waals surface area contributed by atoms with Crippen LogP contribution in [-0.4, -0.2) is 30.6 Å². The molecule has 0 saturated heterocycles. The first-order valence-corrected chi connectivity index (χ1v) is 6.20. The number of para-hydroxylation sites is 1. The number of hydrogen-bond donors (Lipinski definition) is 1. The number of hydrogen-bond acceptors (Lipinski definition) is 4. The fourth-order valence-electron chi connectivity index (χ4n) is 2.07. The third kappa shape index (κ3) is 3.10. The van der Waals surface area contributed by atoms with Crippen molar-refractivity contribution >= 4 is 10.9 Å². The van der Waals surface area contributed by atoms with Crippen molar-refractivity contribution in [2.75, 3.05) is 14.2 Å². The molecule has 2 aromatic rings. The summed E-state index contributed by atoms with van der Waals surface area (Å²) in [5.41, 5.74) is 0.621. The van der Waals surface area contributed by atoms with E-state index >= 15 is 0 Å². The second kappa shape index (κ2) is 5.65. The summed E-state index contributed by atoms with van der Waals surface area (Å²) in [6, 6.07) is 9.77. The molecule has 1 unspecified atom stereocenters. The van der Waals surface area contributed by atoms with Gasteiger partial charge in [-0.1, -0.05) is 18.2 Å². The average Bonchev–Trinajstić information content (AvgIpc) is 2.44. The normalized spacial score (nSPS) is 14.8. The summed E-state index contributed by atoms with van der Waals surface area (Å²) in [4.78, 5) is 4.36. The van der Waals surface area contributed by atoms with Crippen molar-refractivity contribution in [2.45, 2.75) is 25.2 Å². The lowest BCUT2D eigenvalue weighted by Gasteiger charge is -2.27. The van der Waals surface area contributed by atoms with Crippen molar-refractivity contribution in [3.05, 3.63) is 42.1 Å². The molecule has 0 amide bonds. The zero-order chi connectivity index (χ0) is 13.9. The molecule has 2 rings (SSSR count). The summed E-state index contributed by atoms with van der Waals surface area (Å²) >= 11 is 0. The number of rotatable bonds is 5.